The molecule has 1 saturated heterocycles. The minimum Gasteiger partial charge on any atom is -0.463 e. The Balaban J connectivity index is 1.50. The lowest BCUT2D eigenvalue weighted by Crippen LogP contribution is -2.48. The van der Waals surface area contributed by atoms with Gasteiger partial charge in [-0.3, -0.25) is 19.3 Å². The molecule has 0 spiro atoms. The minimum atomic E-state index is -0.400. The van der Waals surface area contributed by atoms with E-state index in [0.717, 1.165) is 31.9 Å². The summed E-state index contributed by atoms with van der Waals surface area (Å²) in [7, 11) is 0. The Morgan fingerprint density at radius 1 is 0.897 bits per heavy atom. The molecule has 7 heteroatoms. The van der Waals surface area contributed by atoms with Crippen LogP contribution in [0.4, 0.5) is 5.69 Å². The van der Waals surface area contributed by atoms with Crippen LogP contribution in [0.25, 0.3) is 0 Å². The Morgan fingerprint density at radius 2 is 1.55 bits per heavy atom. The molecule has 7 nitrogen and oxygen atoms in total. The molecule has 0 radical (unpaired) electrons. The first-order valence-electron chi connectivity index (χ1n) is 9.74. The lowest BCUT2D eigenvalue weighted by Gasteiger charge is -2.37. The van der Waals surface area contributed by atoms with Crippen LogP contribution in [-0.4, -0.2) is 68.3 Å². The van der Waals surface area contributed by atoms with Crippen LogP contribution in [0.15, 0.2) is 42.5 Å². The normalized spacial score (nSPS) is 16.4. The molecule has 1 fully saturated rings. The molecule has 0 saturated carbocycles. The Hall–Kier alpha value is -3.03. The smallest absolute Gasteiger partial charge is 0.319 e. The summed E-state index contributed by atoms with van der Waals surface area (Å²) in [5.41, 5.74) is 7.96. The topological polar surface area (TPSA) is 92.9 Å². The Morgan fingerprint density at radius 3 is 2.24 bits per heavy atom. The van der Waals surface area contributed by atoms with Crippen molar-refractivity contribution in [1.29, 1.82) is 0 Å². The predicted molar refractivity (Wildman–Crippen MR) is 108 cm³/mol. The Labute approximate surface area is 169 Å². The zero-order valence-electron chi connectivity index (χ0n) is 16.1. The summed E-state index contributed by atoms with van der Waals surface area (Å²) in [5.74, 6) is -0.595. The van der Waals surface area contributed by atoms with Gasteiger partial charge >= 0.3 is 5.97 Å². The van der Waals surface area contributed by atoms with Crippen LogP contribution in [0.2, 0.25) is 0 Å². The van der Waals surface area contributed by atoms with E-state index in [9.17, 15) is 14.4 Å². The van der Waals surface area contributed by atoms with Crippen molar-refractivity contribution in [3.05, 3.63) is 64.7 Å². The molecule has 0 aromatic heterocycles. The lowest BCUT2D eigenvalue weighted by atomic mass is 9.83. The molecule has 2 aromatic rings. The van der Waals surface area contributed by atoms with E-state index >= 15 is 0 Å². The summed E-state index contributed by atoms with van der Waals surface area (Å²) < 4.78 is 5.04. The average Bonchev–Trinajstić information content (AvgIpc) is 2.77. The summed E-state index contributed by atoms with van der Waals surface area (Å²) in [5, 5.41) is 0. The van der Waals surface area contributed by atoms with Gasteiger partial charge in [-0.25, -0.2) is 0 Å². The number of benzene rings is 2. The van der Waals surface area contributed by atoms with Crippen molar-refractivity contribution >= 4 is 23.2 Å². The van der Waals surface area contributed by atoms with Crippen LogP contribution in [0, 0.1) is 0 Å². The third kappa shape index (κ3) is 3.66. The molecule has 0 unspecified atom stereocenters. The summed E-state index contributed by atoms with van der Waals surface area (Å²) >= 11 is 0. The van der Waals surface area contributed by atoms with Crippen molar-refractivity contribution in [3.63, 3.8) is 0 Å². The van der Waals surface area contributed by atoms with Crippen molar-refractivity contribution in [2.75, 3.05) is 50.8 Å². The highest BCUT2D eigenvalue weighted by Gasteiger charge is 2.33. The number of ketones is 2. The zero-order chi connectivity index (χ0) is 20.4. The number of nitrogens with two attached hydrogens (primary N) is 1. The summed E-state index contributed by atoms with van der Waals surface area (Å²) in [6.45, 7) is 3.88. The summed E-state index contributed by atoms with van der Waals surface area (Å²) in [6.07, 6.45) is 0. The van der Waals surface area contributed by atoms with Crippen LogP contribution < -0.4 is 10.6 Å². The van der Waals surface area contributed by atoms with Gasteiger partial charge in [0.15, 0.2) is 11.6 Å². The fraction of sp³-hybridized carbons (Fsp3) is 0.318. The highest BCUT2D eigenvalue weighted by atomic mass is 16.5. The van der Waals surface area contributed by atoms with E-state index in [1.54, 1.807) is 30.3 Å². The molecule has 1 heterocycles. The maximum atomic E-state index is 13.2. The number of ether oxygens (including phenoxy) is 1. The van der Waals surface area contributed by atoms with Crippen molar-refractivity contribution in [2.45, 2.75) is 0 Å². The van der Waals surface area contributed by atoms with Crippen LogP contribution >= 0.6 is 0 Å². The lowest BCUT2D eigenvalue weighted by molar-refractivity contribution is -0.142. The molecular formula is C22H23N3O4. The average molecular weight is 393 g/mol. The van der Waals surface area contributed by atoms with Crippen molar-refractivity contribution in [2.24, 2.45) is 5.73 Å². The molecule has 0 amide bonds. The number of esters is 1. The second kappa shape index (κ2) is 8.14. The van der Waals surface area contributed by atoms with Crippen molar-refractivity contribution in [1.82, 2.24) is 4.90 Å². The fourth-order valence-corrected chi connectivity index (χ4v) is 3.95. The number of fused-ring (bicyclic) bond motifs is 2. The summed E-state index contributed by atoms with van der Waals surface area (Å²) in [6, 6.07) is 12.5. The van der Waals surface area contributed by atoms with E-state index in [1.807, 2.05) is 12.1 Å². The van der Waals surface area contributed by atoms with E-state index < -0.39 is 5.97 Å². The standard InChI is InChI=1S/C22H23N3O4/c23-14-19(26)29-13-12-24-8-10-25(11-9-24)18-7-3-6-17-20(18)22(28)16-5-2-1-4-15(16)21(17)27/h1-7H,8-14,23H2. The number of carbonyl (C=O) groups is 3. The van der Waals surface area contributed by atoms with E-state index in [-0.39, 0.29) is 18.1 Å². The molecule has 1 aliphatic heterocycles. The van der Waals surface area contributed by atoms with Crippen LogP contribution in [0.3, 0.4) is 0 Å². The number of rotatable bonds is 5. The fourth-order valence-electron chi connectivity index (χ4n) is 3.95. The van der Waals surface area contributed by atoms with Gasteiger partial charge in [-0.1, -0.05) is 36.4 Å². The highest BCUT2D eigenvalue weighted by molar-refractivity contribution is 6.30. The van der Waals surface area contributed by atoms with Gasteiger partial charge in [0.05, 0.1) is 12.1 Å². The quantitative estimate of drug-likeness (QED) is 0.649. The van der Waals surface area contributed by atoms with Gasteiger partial charge in [0.1, 0.15) is 6.61 Å². The van der Waals surface area contributed by atoms with Gasteiger partial charge in [-0.05, 0) is 6.07 Å². The first-order valence-corrected chi connectivity index (χ1v) is 9.74. The molecule has 0 atom stereocenters. The molecule has 2 N–H and O–H groups in total. The molecule has 29 heavy (non-hydrogen) atoms. The SMILES string of the molecule is NCC(=O)OCCN1CCN(c2cccc3c2C(=O)c2ccccc2C3=O)CC1. The minimum absolute atomic E-state index is 0.0954. The van der Waals surface area contributed by atoms with Crippen LogP contribution in [0.5, 0.6) is 0 Å². The van der Waals surface area contributed by atoms with E-state index in [0.29, 0.717) is 35.4 Å². The molecule has 2 aliphatic rings. The number of nitrogens with zero attached hydrogens (tertiary/aromatic N) is 2. The van der Waals surface area contributed by atoms with Gasteiger partial charge in [0, 0.05) is 55.1 Å². The number of hydrogen-bond acceptors (Lipinski definition) is 7. The van der Waals surface area contributed by atoms with Gasteiger partial charge in [0.2, 0.25) is 0 Å². The van der Waals surface area contributed by atoms with Crippen LogP contribution in [-0.2, 0) is 9.53 Å². The number of hydrogen-bond donors (Lipinski definition) is 1. The molecule has 0 bridgehead atoms. The van der Waals surface area contributed by atoms with Crippen LogP contribution in [0.1, 0.15) is 31.8 Å². The zero-order valence-corrected chi connectivity index (χ0v) is 16.1. The Bertz CT molecular complexity index is 964. The number of anilines is 1. The van der Waals surface area contributed by atoms with E-state index in [1.165, 1.54) is 0 Å². The third-order valence-electron chi connectivity index (χ3n) is 5.48. The Kier molecular flexibility index (Phi) is 5.42. The second-order valence-corrected chi connectivity index (χ2v) is 7.16. The largest absolute Gasteiger partial charge is 0.463 e. The maximum Gasteiger partial charge on any atom is 0.319 e. The third-order valence-corrected chi connectivity index (χ3v) is 5.48. The van der Waals surface area contributed by atoms with E-state index in [2.05, 4.69) is 9.80 Å². The predicted octanol–water partition coefficient (Wildman–Crippen LogP) is 1.09. The first kappa shape index (κ1) is 19.3. The molecular weight excluding hydrogens is 370 g/mol. The molecule has 1 aliphatic carbocycles. The number of piperazine rings is 1. The maximum absolute atomic E-state index is 13.2. The van der Waals surface area contributed by atoms with E-state index in [4.69, 9.17) is 10.5 Å². The van der Waals surface area contributed by atoms with Gasteiger partial charge in [-0.15, -0.1) is 0 Å². The number of carbonyl (C=O) groups excluding carboxylic acids is 3. The summed E-state index contributed by atoms with van der Waals surface area (Å²) in [4.78, 5) is 41.6. The van der Waals surface area contributed by atoms with Gasteiger partial charge < -0.3 is 15.4 Å². The second-order valence-electron chi connectivity index (χ2n) is 7.16. The monoisotopic (exact) mass is 393 g/mol. The van der Waals surface area contributed by atoms with Gasteiger partial charge in [0.25, 0.3) is 0 Å². The molecule has 150 valence electrons. The van der Waals surface area contributed by atoms with Crippen molar-refractivity contribution in [3.8, 4) is 0 Å². The van der Waals surface area contributed by atoms with Crippen molar-refractivity contribution < 1.29 is 19.1 Å². The first-order chi connectivity index (χ1) is 14.1. The molecule has 4 rings (SSSR count). The molecule has 2 aromatic carbocycles. The highest BCUT2D eigenvalue weighted by Crippen LogP contribution is 2.34. The van der Waals surface area contributed by atoms with Gasteiger partial charge in [-0.2, -0.15) is 0 Å².